The SMILES string of the molecule is N=CN.NS(=O)(=O)O. The van der Waals surface area contributed by atoms with Gasteiger partial charge in [-0.3, -0.25) is 9.96 Å². The van der Waals surface area contributed by atoms with E-state index in [4.69, 9.17) is 18.4 Å². The van der Waals surface area contributed by atoms with Crippen LogP contribution in [0.3, 0.4) is 0 Å². The Hall–Kier alpha value is -0.660. The van der Waals surface area contributed by atoms with Crippen molar-refractivity contribution in [3.63, 3.8) is 0 Å². The number of nitrogens with one attached hydrogen (secondary N) is 1. The van der Waals surface area contributed by atoms with E-state index in [1.807, 2.05) is 0 Å². The van der Waals surface area contributed by atoms with Crippen molar-refractivity contribution in [3.05, 3.63) is 0 Å². The highest BCUT2D eigenvalue weighted by atomic mass is 32.2. The van der Waals surface area contributed by atoms with E-state index in [0.717, 1.165) is 6.34 Å². The predicted octanol–water partition coefficient (Wildman–Crippen LogP) is -1.70. The molecule has 0 saturated heterocycles. The van der Waals surface area contributed by atoms with Crippen molar-refractivity contribution >= 4 is 16.6 Å². The highest BCUT2D eigenvalue weighted by Crippen LogP contribution is 1.50. The number of rotatable bonds is 0. The molecule has 0 aromatic rings. The molecule has 0 unspecified atom stereocenters. The summed E-state index contributed by atoms with van der Waals surface area (Å²) in [5.41, 5.74) is 4.39. The van der Waals surface area contributed by atoms with Gasteiger partial charge in [0.05, 0.1) is 6.34 Å². The third kappa shape index (κ3) is 231. The molecule has 6 N–H and O–H groups in total. The summed E-state index contributed by atoms with van der Waals surface area (Å²) in [4.78, 5) is 0. The minimum Gasteiger partial charge on any atom is -0.390 e. The Morgan fingerprint density at radius 3 is 1.62 bits per heavy atom. The predicted molar refractivity (Wildman–Crippen MR) is 28.7 cm³/mol. The molecule has 0 aliphatic heterocycles. The lowest BCUT2D eigenvalue weighted by Crippen LogP contribution is -2.08. The first-order valence-electron chi connectivity index (χ1n) is 1.37. The molecule has 0 radical (unpaired) electrons. The van der Waals surface area contributed by atoms with E-state index in [1.165, 1.54) is 0 Å². The highest BCUT2D eigenvalue weighted by Gasteiger charge is 1.81. The third-order valence-corrected chi connectivity index (χ3v) is 0. The van der Waals surface area contributed by atoms with E-state index in [9.17, 15) is 0 Å². The maximum atomic E-state index is 8.97. The van der Waals surface area contributed by atoms with Gasteiger partial charge in [0.25, 0.3) is 0 Å². The molecule has 0 aromatic heterocycles. The van der Waals surface area contributed by atoms with Crippen LogP contribution in [0.15, 0.2) is 0 Å². The molecule has 0 amide bonds. The molecule has 50 valence electrons. The second-order valence-electron chi connectivity index (χ2n) is 0.682. The van der Waals surface area contributed by atoms with Gasteiger partial charge in [0.15, 0.2) is 0 Å². The summed E-state index contributed by atoms with van der Waals surface area (Å²) in [7, 11) is -4.17. The van der Waals surface area contributed by atoms with Crippen molar-refractivity contribution in [2.24, 2.45) is 10.9 Å². The van der Waals surface area contributed by atoms with Gasteiger partial charge in [-0.25, -0.2) is 5.14 Å². The van der Waals surface area contributed by atoms with Gasteiger partial charge in [0.2, 0.25) is 0 Å². The highest BCUT2D eigenvalue weighted by molar-refractivity contribution is 7.83. The average Bonchev–Trinajstić information content (AvgIpc) is 1.27. The maximum absolute atomic E-state index is 8.97. The zero-order valence-corrected chi connectivity index (χ0v) is 4.72. The van der Waals surface area contributed by atoms with Crippen LogP contribution in [0.1, 0.15) is 0 Å². The smallest absolute Gasteiger partial charge is 0.330 e. The van der Waals surface area contributed by atoms with Crippen LogP contribution in [0.4, 0.5) is 0 Å². The van der Waals surface area contributed by atoms with Crippen LogP contribution in [0.25, 0.3) is 0 Å². The van der Waals surface area contributed by atoms with Crippen LogP contribution < -0.4 is 10.9 Å². The fourth-order valence-corrected chi connectivity index (χ4v) is 0. The molecular weight excluding hydrogens is 134 g/mol. The van der Waals surface area contributed by atoms with Gasteiger partial charge >= 0.3 is 10.3 Å². The van der Waals surface area contributed by atoms with Gasteiger partial charge in [-0.05, 0) is 0 Å². The van der Waals surface area contributed by atoms with Crippen LogP contribution in [0.2, 0.25) is 0 Å². The summed E-state index contributed by atoms with van der Waals surface area (Å²) in [5.74, 6) is 0. The largest absolute Gasteiger partial charge is 0.390 e. The summed E-state index contributed by atoms with van der Waals surface area (Å²) >= 11 is 0. The topological polar surface area (TPSA) is 130 Å². The lowest BCUT2D eigenvalue weighted by molar-refractivity contribution is 0.485. The Balaban J connectivity index is 0. The first-order valence-corrected chi connectivity index (χ1v) is 2.88. The number of nitrogens with two attached hydrogens (primary N) is 2. The number of hydrogen-bond donors (Lipinski definition) is 4. The fourth-order valence-electron chi connectivity index (χ4n) is 0. The maximum Gasteiger partial charge on any atom is 0.330 e. The second kappa shape index (κ2) is 4.50. The number of hydrogen-bond acceptors (Lipinski definition) is 3. The molecule has 7 heteroatoms. The molecule has 0 aliphatic rings. The van der Waals surface area contributed by atoms with Crippen LogP contribution in [0, 0.1) is 5.41 Å². The molecule has 0 atom stereocenters. The van der Waals surface area contributed by atoms with Gasteiger partial charge < -0.3 is 5.73 Å². The van der Waals surface area contributed by atoms with Crippen molar-refractivity contribution in [2.75, 3.05) is 0 Å². The molecule has 0 heterocycles. The molecule has 0 saturated carbocycles. The van der Waals surface area contributed by atoms with Crippen molar-refractivity contribution in [2.45, 2.75) is 0 Å². The van der Waals surface area contributed by atoms with Crippen LogP contribution >= 0.6 is 0 Å². The fraction of sp³-hybridized carbons (Fsp3) is 0. The molecule has 0 aliphatic carbocycles. The molecule has 0 spiro atoms. The summed E-state index contributed by atoms with van der Waals surface area (Å²) in [6.07, 6.45) is 0.750. The van der Waals surface area contributed by atoms with Crippen molar-refractivity contribution < 1.29 is 13.0 Å². The van der Waals surface area contributed by atoms with Gasteiger partial charge in [-0.2, -0.15) is 8.42 Å². The second-order valence-corrected chi connectivity index (χ2v) is 1.71. The molecule has 6 nitrogen and oxygen atoms in total. The minimum absolute atomic E-state index is 0.750. The third-order valence-electron chi connectivity index (χ3n) is 0. The van der Waals surface area contributed by atoms with E-state index >= 15 is 0 Å². The standard InChI is InChI=1S/CH4N2.H3NO3S/c2-1-3;1-5(2,3)4/h1H,(H3,2,3);(H3,1,2,3,4). The van der Waals surface area contributed by atoms with E-state index in [-0.39, 0.29) is 0 Å². The minimum atomic E-state index is -4.17. The zero-order valence-electron chi connectivity index (χ0n) is 3.90. The first kappa shape index (κ1) is 10.3. The Kier molecular flexibility index (Phi) is 5.82. The Labute approximate surface area is 46.9 Å². The molecule has 0 bridgehead atoms. The Bertz CT molecular complexity index is 129. The molecular formula is CH7N3O3S. The summed E-state index contributed by atoms with van der Waals surface area (Å²) in [5, 5.41) is 9.74. The van der Waals surface area contributed by atoms with Crippen molar-refractivity contribution in [1.82, 2.24) is 0 Å². The van der Waals surface area contributed by atoms with Crippen LogP contribution in [-0.4, -0.2) is 19.3 Å². The van der Waals surface area contributed by atoms with Crippen LogP contribution in [0.5, 0.6) is 0 Å². The van der Waals surface area contributed by atoms with Gasteiger partial charge in [-0.1, -0.05) is 0 Å². The van der Waals surface area contributed by atoms with Gasteiger partial charge in [0.1, 0.15) is 0 Å². The average molecular weight is 141 g/mol. The van der Waals surface area contributed by atoms with E-state index in [0.29, 0.717) is 0 Å². The molecule has 8 heavy (non-hydrogen) atoms. The lowest BCUT2D eigenvalue weighted by atomic mass is 11.4. The summed E-state index contributed by atoms with van der Waals surface area (Å²) in [6, 6.07) is 0. The van der Waals surface area contributed by atoms with E-state index in [1.54, 1.807) is 0 Å². The molecule has 0 rings (SSSR count). The zero-order chi connectivity index (χ0) is 7.21. The van der Waals surface area contributed by atoms with Crippen molar-refractivity contribution in [3.8, 4) is 0 Å². The monoisotopic (exact) mass is 141 g/mol. The van der Waals surface area contributed by atoms with E-state index < -0.39 is 10.3 Å². The normalized spacial score (nSPS) is 8.75. The molecule has 0 fully saturated rings. The Morgan fingerprint density at radius 2 is 1.62 bits per heavy atom. The lowest BCUT2D eigenvalue weighted by Gasteiger charge is -1.70. The summed E-state index contributed by atoms with van der Waals surface area (Å²) in [6.45, 7) is 0. The Morgan fingerprint density at radius 1 is 1.62 bits per heavy atom. The first-order chi connectivity index (χ1) is 3.41. The quantitative estimate of drug-likeness (QED) is 0.182. The van der Waals surface area contributed by atoms with Gasteiger partial charge in [-0.15, -0.1) is 0 Å². The van der Waals surface area contributed by atoms with Crippen molar-refractivity contribution in [1.29, 1.82) is 5.41 Å². The molecule has 0 aromatic carbocycles. The van der Waals surface area contributed by atoms with E-state index in [2.05, 4.69) is 10.9 Å². The summed E-state index contributed by atoms with van der Waals surface area (Å²) < 4.78 is 25.2. The van der Waals surface area contributed by atoms with Gasteiger partial charge in [0, 0.05) is 0 Å². The van der Waals surface area contributed by atoms with Crippen LogP contribution in [-0.2, 0) is 10.3 Å².